The first kappa shape index (κ1) is 21.9. The van der Waals surface area contributed by atoms with Gasteiger partial charge in [0, 0.05) is 41.6 Å². The Hall–Kier alpha value is -3.97. The second-order valence-corrected chi connectivity index (χ2v) is 8.58. The SMILES string of the molecule is CC(=O)N1N=C(Cn2c(=O)c(-c3ccccc3)cc3cccnc32)OC1(C)c1ccc(Cl)cc1. The van der Waals surface area contributed by atoms with Crippen LogP contribution in [0.15, 0.2) is 88.9 Å². The number of benzene rings is 2. The van der Waals surface area contributed by atoms with Crippen LogP contribution in [0.2, 0.25) is 5.02 Å². The van der Waals surface area contributed by atoms with Gasteiger partial charge in [-0.1, -0.05) is 54.1 Å². The van der Waals surface area contributed by atoms with Gasteiger partial charge in [0.2, 0.25) is 17.5 Å². The largest absolute Gasteiger partial charge is 0.446 e. The Bertz CT molecular complexity index is 1480. The molecule has 1 aliphatic rings. The Labute approximate surface area is 200 Å². The molecule has 2 aromatic heterocycles. The van der Waals surface area contributed by atoms with Crippen molar-refractivity contribution in [1.82, 2.24) is 14.6 Å². The summed E-state index contributed by atoms with van der Waals surface area (Å²) in [5.41, 5.74) is 1.17. The van der Waals surface area contributed by atoms with Gasteiger partial charge >= 0.3 is 0 Å². The number of amides is 1. The van der Waals surface area contributed by atoms with Crippen molar-refractivity contribution in [3.63, 3.8) is 0 Å². The number of ether oxygens (including phenoxy) is 1. The highest BCUT2D eigenvalue weighted by Crippen LogP contribution is 2.36. The molecule has 0 radical (unpaired) electrons. The van der Waals surface area contributed by atoms with E-state index in [9.17, 15) is 9.59 Å². The molecule has 5 rings (SSSR count). The minimum atomic E-state index is -1.17. The maximum absolute atomic E-state index is 13.6. The molecule has 1 unspecified atom stereocenters. The average molecular weight is 473 g/mol. The van der Waals surface area contributed by atoms with E-state index in [1.807, 2.05) is 48.5 Å². The van der Waals surface area contributed by atoms with Gasteiger partial charge in [-0.15, -0.1) is 5.10 Å². The number of pyridine rings is 2. The highest BCUT2D eigenvalue weighted by molar-refractivity contribution is 6.30. The first-order valence-corrected chi connectivity index (χ1v) is 11.1. The van der Waals surface area contributed by atoms with Crippen molar-refractivity contribution in [3.8, 4) is 11.1 Å². The van der Waals surface area contributed by atoms with Crippen molar-refractivity contribution in [2.24, 2.45) is 5.10 Å². The van der Waals surface area contributed by atoms with Crippen LogP contribution >= 0.6 is 11.6 Å². The van der Waals surface area contributed by atoms with E-state index in [4.69, 9.17) is 16.3 Å². The number of fused-ring (bicyclic) bond motifs is 1. The molecule has 0 aliphatic carbocycles. The van der Waals surface area contributed by atoms with Crippen molar-refractivity contribution >= 4 is 34.4 Å². The number of carbonyl (C=O) groups excluding carboxylic acids is 1. The minimum absolute atomic E-state index is 0.0139. The van der Waals surface area contributed by atoms with E-state index in [0.29, 0.717) is 21.8 Å². The van der Waals surface area contributed by atoms with Gasteiger partial charge in [0.1, 0.15) is 12.2 Å². The van der Waals surface area contributed by atoms with E-state index in [-0.39, 0.29) is 23.9 Å². The molecule has 1 aliphatic heterocycles. The summed E-state index contributed by atoms with van der Waals surface area (Å²) in [5.74, 6) is -0.0623. The number of rotatable bonds is 4. The van der Waals surface area contributed by atoms with Crippen LogP contribution in [0.25, 0.3) is 22.2 Å². The lowest BCUT2D eigenvalue weighted by atomic mass is 10.0. The van der Waals surface area contributed by atoms with Crippen LogP contribution in [-0.4, -0.2) is 26.4 Å². The van der Waals surface area contributed by atoms with Crippen molar-refractivity contribution in [2.45, 2.75) is 26.1 Å². The second kappa shape index (κ2) is 8.43. The van der Waals surface area contributed by atoms with Crippen LogP contribution < -0.4 is 5.56 Å². The van der Waals surface area contributed by atoms with Gasteiger partial charge in [0.05, 0.1) is 0 Å². The molecule has 0 bridgehead atoms. The Morgan fingerprint density at radius 2 is 1.79 bits per heavy atom. The topological polar surface area (TPSA) is 76.8 Å². The first-order chi connectivity index (χ1) is 16.4. The van der Waals surface area contributed by atoms with Gasteiger partial charge < -0.3 is 4.74 Å². The van der Waals surface area contributed by atoms with Crippen molar-refractivity contribution in [3.05, 3.63) is 99.9 Å². The summed E-state index contributed by atoms with van der Waals surface area (Å²) >= 11 is 6.04. The van der Waals surface area contributed by atoms with E-state index in [1.165, 1.54) is 16.5 Å². The minimum Gasteiger partial charge on any atom is -0.446 e. The number of hydrazone groups is 1. The average Bonchev–Trinajstić information content (AvgIpc) is 3.19. The first-order valence-electron chi connectivity index (χ1n) is 10.7. The van der Waals surface area contributed by atoms with E-state index >= 15 is 0 Å². The Balaban J connectivity index is 1.60. The van der Waals surface area contributed by atoms with Crippen molar-refractivity contribution in [2.75, 3.05) is 0 Å². The lowest BCUT2D eigenvalue weighted by Crippen LogP contribution is -2.41. The second-order valence-electron chi connectivity index (χ2n) is 8.15. The maximum atomic E-state index is 13.6. The molecule has 1 amide bonds. The molecule has 170 valence electrons. The highest BCUT2D eigenvalue weighted by Gasteiger charge is 2.44. The molecule has 2 aromatic carbocycles. The van der Waals surface area contributed by atoms with Crippen molar-refractivity contribution < 1.29 is 9.53 Å². The Morgan fingerprint density at radius 3 is 2.50 bits per heavy atom. The third kappa shape index (κ3) is 3.74. The maximum Gasteiger partial charge on any atom is 0.260 e. The molecule has 0 saturated carbocycles. The predicted octanol–water partition coefficient (Wildman–Crippen LogP) is 4.78. The van der Waals surface area contributed by atoms with Crippen LogP contribution in [0, 0.1) is 0 Å². The van der Waals surface area contributed by atoms with Gasteiger partial charge in [-0.2, -0.15) is 5.01 Å². The molecule has 0 fully saturated rings. The van der Waals surface area contributed by atoms with E-state index < -0.39 is 5.72 Å². The fourth-order valence-corrected chi connectivity index (χ4v) is 4.31. The third-order valence-electron chi connectivity index (χ3n) is 5.84. The molecular formula is C26H21ClN4O3. The molecule has 8 heteroatoms. The smallest absolute Gasteiger partial charge is 0.260 e. The summed E-state index contributed by atoms with van der Waals surface area (Å²) in [5, 5.41) is 7.11. The lowest BCUT2D eigenvalue weighted by Gasteiger charge is -2.31. The Kier molecular flexibility index (Phi) is 5.42. The highest BCUT2D eigenvalue weighted by atomic mass is 35.5. The number of halogens is 1. The molecular weight excluding hydrogens is 452 g/mol. The van der Waals surface area contributed by atoms with Gasteiger partial charge in [-0.25, -0.2) is 4.98 Å². The molecule has 34 heavy (non-hydrogen) atoms. The summed E-state index contributed by atoms with van der Waals surface area (Å²) in [6.07, 6.45) is 1.64. The monoisotopic (exact) mass is 472 g/mol. The fraction of sp³-hybridized carbons (Fsp3) is 0.154. The van der Waals surface area contributed by atoms with Gasteiger partial charge in [-0.05, 0) is 35.9 Å². The number of hydrogen-bond donors (Lipinski definition) is 0. The number of carbonyl (C=O) groups is 1. The third-order valence-corrected chi connectivity index (χ3v) is 6.09. The summed E-state index contributed by atoms with van der Waals surface area (Å²) < 4.78 is 7.76. The lowest BCUT2D eigenvalue weighted by molar-refractivity contribution is -0.146. The van der Waals surface area contributed by atoms with Crippen molar-refractivity contribution in [1.29, 1.82) is 0 Å². The molecule has 3 heterocycles. The zero-order chi connectivity index (χ0) is 23.9. The quantitative estimate of drug-likeness (QED) is 0.428. The molecule has 1 atom stereocenters. The van der Waals surface area contributed by atoms with Gasteiger partial charge in [-0.3, -0.25) is 14.2 Å². The summed E-state index contributed by atoms with van der Waals surface area (Å²) in [6.45, 7) is 3.19. The van der Waals surface area contributed by atoms with Gasteiger partial charge in [0.15, 0.2) is 0 Å². The normalized spacial score (nSPS) is 17.5. The van der Waals surface area contributed by atoms with Gasteiger partial charge in [0.25, 0.3) is 5.56 Å². The number of nitrogens with zero attached hydrogens (tertiary/aromatic N) is 4. The summed E-state index contributed by atoms with van der Waals surface area (Å²) in [4.78, 5) is 30.5. The predicted molar refractivity (Wildman–Crippen MR) is 131 cm³/mol. The van der Waals surface area contributed by atoms with E-state index in [0.717, 1.165) is 10.9 Å². The number of hydrogen-bond acceptors (Lipinski definition) is 5. The van der Waals surface area contributed by atoms with E-state index in [1.54, 1.807) is 37.4 Å². The van der Waals surface area contributed by atoms with E-state index in [2.05, 4.69) is 10.1 Å². The van der Waals surface area contributed by atoms with Crippen LogP contribution in [0.1, 0.15) is 19.4 Å². The van der Waals surface area contributed by atoms with Crippen LogP contribution in [-0.2, 0) is 21.8 Å². The van der Waals surface area contributed by atoms with Crippen LogP contribution in [0.3, 0.4) is 0 Å². The Morgan fingerprint density at radius 1 is 1.06 bits per heavy atom. The molecule has 7 nitrogen and oxygen atoms in total. The zero-order valence-corrected chi connectivity index (χ0v) is 19.4. The molecule has 4 aromatic rings. The fourth-order valence-electron chi connectivity index (χ4n) is 4.19. The number of aromatic nitrogens is 2. The molecule has 0 N–H and O–H groups in total. The zero-order valence-electron chi connectivity index (χ0n) is 18.6. The molecule has 0 saturated heterocycles. The summed E-state index contributed by atoms with van der Waals surface area (Å²) in [6, 6.07) is 22.1. The summed E-state index contributed by atoms with van der Waals surface area (Å²) in [7, 11) is 0. The van der Waals surface area contributed by atoms with Crippen LogP contribution in [0.5, 0.6) is 0 Å². The molecule has 0 spiro atoms. The standard InChI is InChI=1S/C26H21ClN4O3/c1-17(32)31-26(2,20-10-12-21(27)13-11-20)34-23(29-31)16-30-24-19(9-6-14-28-24)15-22(25(30)33)18-7-4-3-5-8-18/h3-15H,16H2,1-2H3. The van der Waals surface area contributed by atoms with Crippen LogP contribution in [0.4, 0.5) is 0 Å².